The zero-order valence-electron chi connectivity index (χ0n) is 14.3. The molecule has 0 aliphatic rings. The highest BCUT2D eigenvalue weighted by molar-refractivity contribution is 7.20. The Morgan fingerprint density at radius 3 is 2.58 bits per heavy atom. The van der Waals surface area contributed by atoms with E-state index in [9.17, 15) is 9.18 Å². The van der Waals surface area contributed by atoms with Crippen LogP contribution in [0.1, 0.15) is 20.9 Å². The number of carbonyl (C=O) groups excluding carboxylic acids is 1. The molecule has 4 aromatic rings. The van der Waals surface area contributed by atoms with E-state index in [2.05, 4.69) is 10.4 Å². The highest BCUT2D eigenvalue weighted by Gasteiger charge is 2.18. The van der Waals surface area contributed by atoms with Crippen LogP contribution in [0.2, 0.25) is 0 Å². The third-order valence-electron chi connectivity index (χ3n) is 4.17. The number of anilines is 1. The SMILES string of the molecule is Cc1ccc(-n2nc(C)c3cc(C(=O)Nc4ccccc4F)sc32)cc1. The summed E-state index contributed by atoms with van der Waals surface area (Å²) in [6, 6.07) is 16.0. The Morgan fingerprint density at radius 1 is 1.12 bits per heavy atom. The van der Waals surface area contributed by atoms with Crippen LogP contribution >= 0.6 is 11.3 Å². The molecule has 26 heavy (non-hydrogen) atoms. The van der Waals surface area contributed by atoms with Gasteiger partial charge in [0.2, 0.25) is 0 Å². The van der Waals surface area contributed by atoms with Crippen LogP contribution in [0.3, 0.4) is 0 Å². The van der Waals surface area contributed by atoms with Crippen molar-refractivity contribution in [2.75, 3.05) is 5.32 Å². The number of hydrogen-bond donors (Lipinski definition) is 1. The van der Waals surface area contributed by atoms with Crippen molar-refractivity contribution in [3.05, 3.63) is 76.5 Å². The van der Waals surface area contributed by atoms with Crippen LogP contribution < -0.4 is 5.32 Å². The number of nitrogens with one attached hydrogen (secondary N) is 1. The fraction of sp³-hybridized carbons (Fsp3) is 0.100. The van der Waals surface area contributed by atoms with Gasteiger partial charge >= 0.3 is 0 Å². The fourth-order valence-corrected chi connectivity index (χ4v) is 3.84. The number of fused-ring (bicyclic) bond motifs is 1. The highest BCUT2D eigenvalue weighted by Crippen LogP contribution is 2.31. The summed E-state index contributed by atoms with van der Waals surface area (Å²) in [7, 11) is 0. The molecule has 0 aliphatic carbocycles. The molecule has 0 saturated carbocycles. The van der Waals surface area contributed by atoms with Crippen LogP contribution in [0.4, 0.5) is 10.1 Å². The Bertz CT molecular complexity index is 1110. The first kappa shape index (κ1) is 16.5. The summed E-state index contributed by atoms with van der Waals surface area (Å²) in [6.45, 7) is 3.95. The van der Waals surface area contributed by atoms with Crippen molar-refractivity contribution in [2.45, 2.75) is 13.8 Å². The first-order valence-corrected chi connectivity index (χ1v) is 8.96. The number of rotatable bonds is 3. The zero-order valence-corrected chi connectivity index (χ0v) is 15.1. The Morgan fingerprint density at radius 2 is 1.85 bits per heavy atom. The van der Waals surface area contributed by atoms with Crippen molar-refractivity contribution < 1.29 is 9.18 Å². The summed E-state index contributed by atoms with van der Waals surface area (Å²) < 4.78 is 15.6. The van der Waals surface area contributed by atoms with E-state index in [1.807, 2.05) is 48.9 Å². The molecule has 2 aromatic carbocycles. The molecule has 130 valence electrons. The average Bonchev–Trinajstić information content (AvgIpc) is 3.19. The maximum atomic E-state index is 13.8. The lowest BCUT2D eigenvalue weighted by molar-refractivity contribution is 0.103. The lowest BCUT2D eigenvalue weighted by Gasteiger charge is -2.04. The summed E-state index contributed by atoms with van der Waals surface area (Å²) in [5, 5.41) is 8.14. The Balaban J connectivity index is 1.72. The topological polar surface area (TPSA) is 46.9 Å². The molecule has 0 bridgehead atoms. The maximum Gasteiger partial charge on any atom is 0.265 e. The largest absolute Gasteiger partial charge is 0.319 e. The monoisotopic (exact) mass is 365 g/mol. The third-order valence-corrected chi connectivity index (χ3v) is 5.28. The smallest absolute Gasteiger partial charge is 0.265 e. The van der Waals surface area contributed by atoms with Gasteiger partial charge in [-0.3, -0.25) is 4.79 Å². The molecule has 0 radical (unpaired) electrons. The number of thiophene rings is 1. The summed E-state index contributed by atoms with van der Waals surface area (Å²) in [4.78, 5) is 14.0. The number of para-hydroxylation sites is 1. The summed E-state index contributed by atoms with van der Waals surface area (Å²) in [5.41, 5.74) is 3.13. The normalized spacial score (nSPS) is 11.0. The van der Waals surface area contributed by atoms with Gasteiger partial charge in [-0.2, -0.15) is 5.10 Å². The number of halogens is 1. The molecule has 4 nitrogen and oxygen atoms in total. The van der Waals surface area contributed by atoms with E-state index >= 15 is 0 Å². The predicted octanol–water partition coefficient (Wildman–Crippen LogP) is 5.10. The molecule has 6 heteroatoms. The number of aryl methyl sites for hydroxylation is 2. The van der Waals surface area contributed by atoms with Crippen molar-refractivity contribution in [2.24, 2.45) is 0 Å². The van der Waals surface area contributed by atoms with E-state index in [4.69, 9.17) is 0 Å². The molecule has 1 amide bonds. The second-order valence-electron chi connectivity index (χ2n) is 6.10. The number of amides is 1. The van der Waals surface area contributed by atoms with Gasteiger partial charge in [-0.25, -0.2) is 9.07 Å². The molecule has 2 aromatic heterocycles. The Labute approximate surface area is 153 Å². The minimum Gasteiger partial charge on any atom is -0.319 e. The van der Waals surface area contributed by atoms with Gasteiger partial charge < -0.3 is 5.32 Å². The maximum absolute atomic E-state index is 13.8. The van der Waals surface area contributed by atoms with Gasteiger partial charge in [-0.05, 0) is 44.2 Å². The molecule has 0 unspecified atom stereocenters. The average molecular weight is 365 g/mol. The Kier molecular flexibility index (Phi) is 4.05. The van der Waals surface area contributed by atoms with E-state index in [0.29, 0.717) is 4.88 Å². The van der Waals surface area contributed by atoms with Gasteiger partial charge in [-0.15, -0.1) is 11.3 Å². The second-order valence-corrected chi connectivity index (χ2v) is 7.13. The van der Waals surface area contributed by atoms with E-state index in [-0.39, 0.29) is 11.6 Å². The van der Waals surface area contributed by atoms with Crippen LogP contribution in [0.15, 0.2) is 54.6 Å². The van der Waals surface area contributed by atoms with Gasteiger partial charge in [0.25, 0.3) is 5.91 Å². The van der Waals surface area contributed by atoms with Gasteiger partial charge in [-0.1, -0.05) is 29.8 Å². The van der Waals surface area contributed by atoms with Crippen LogP contribution in [-0.2, 0) is 0 Å². The Hall–Kier alpha value is -2.99. The molecule has 0 spiro atoms. The summed E-state index contributed by atoms with van der Waals surface area (Å²) in [5.74, 6) is -0.782. The second kappa shape index (κ2) is 6.38. The molecule has 0 fully saturated rings. The van der Waals surface area contributed by atoms with Crippen molar-refractivity contribution in [3.8, 4) is 5.69 Å². The molecule has 2 heterocycles. The molecule has 4 rings (SSSR count). The van der Waals surface area contributed by atoms with Crippen molar-refractivity contribution in [3.63, 3.8) is 0 Å². The number of benzene rings is 2. The van der Waals surface area contributed by atoms with Gasteiger partial charge in [0, 0.05) is 5.39 Å². The van der Waals surface area contributed by atoms with Crippen LogP contribution in [0, 0.1) is 19.7 Å². The van der Waals surface area contributed by atoms with Gasteiger partial charge in [0.05, 0.1) is 21.9 Å². The van der Waals surface area contributed by atoms with Crippen molar-refractivity contribution in [1.82, 2.24) is 9.78 Å². The quantitative estimate of drug-likeness (QED) is 0.549. The van der Waals surface area contributed by atoms with Crippen LogP contribution in [0.5, 0.6) is 0 Å². The number of hydrogen-bond acceptors (Lipinski definition) is 3. The van der Waals surface area contributed by atoms with E-state index in [1.54, 1.807) is 18.2 Å². The number of aromatic nitrogens is 2. The van der Waals surface area contributed by atoms with E-state index < -0.39 is 5.82 Å². The fourth-order valence-electron chi connectivity index (χ4n) is 2.77. The minimum absolute atomic E-state index is 0.173. The number of nitrogens with zero attached hydrogens (tertiary/aromatic N) is 2. The molecular formula is C20H16FN3OS. The third kappa shape index (κ3) is 2.88. The summed E-state index contributed by atoms with van der Waals surface area (Å²) >= 11 is 1.34. The first-order valence-electron chi connectivity index (χ1n) is 8.15. The molecule has 1 N–H and O–H groups in total. The first-order chi connectivity index (χ1) is 12.5. The summed E-state index contributed by atoms with van der Waals surface area (Å²) in [6.07, 6.45) is 0. The minimum atomic E-state index is -0.455. The molecular weight excluding hydrogens is 349 g/mol. The molecule has 0 atom stereocenters. The zero-order chi connectivity index (χ0) is 18.3. The molecule has 0 aliphatic heterocycles. The highest BCUT2D eigenvalue weighted by atomic mass is 32.1. The predicted molar refractivity (Wildman–Crippen MR) is 103 cm³/mol. The van der Waals surface area contributed by atoms with Crippen LogP contribution in [-0.4, -0.2) is 15.7 Å². The van der Waals surface area contributed by atoms with Gasteiger partial charge in [0.1, 0.15) is 10.6 Å². The van der Waals surface area contributed by atoms with Gasteiger partial charge in [0.15, 0.2) is 0 Å². The van der Waals surface area contributed by atoms with E-state index in [1.165, 1.54) is 23.0 Å². The lowest BCUT2D eigenvalue weighted by Crippen LogP contribution is -2.11. The standard InChI is InChI=1S/C20H16FN3OS/c1-12-7-9-14(10-8-12)24-20-15(13(2)23-24)11-18(26-20)19(25)22-17-6-4-3-5-16(17)21/h3-11H,1-2H3,(H,22,25). The van der Waals surface area contributed by atoms with Crippen LogP contribution in [0.25, 0.3) is 15.9 Å². The lowest BCUT2D eigenvalue weighted by atomic mass is 10.2. The van der Waals surface area contributed by atoms with Crippen molar-refractivity contribution in [1.29, 1.82) is 0 Å². The number of carbonyl (C=O) groups is 1. The molecule has 0 saturated heterocycles. The van der Waals surface area contributed by atoms with Crippen molar-refractivity contribution >= 4 is 33.1 Å². The van der Waals surface area contributed by atoms with E-state index in [0.717, 1.165) is 21.6 Å².